The molecule has 11 heavy (non-hydrogen) atoms. The Labute approximate surface area is 63.8 Å². The quantitative estimate of drug-likeness (QED) is 0.413. The van der Waals surface area contributed by atoms with E-state index >= 15 is 0 Å². The first-order valence-corrected chi connectivity index (χ1v) is 3.41. The summed E-state index contributed by atoms with van der Waals surface area (Å²) in [7, 11) is 0. The zero-order valence-corrected chi connectivity index (χ0v) is 5.88. The van der Waals surface area contributed by atoms with E-state index in [0.717, 1.165) is 0 Å². The average Bonchev–Trinajstić information content (AvgIpc) is 2.01. The Balaban J connectivity index is 2.52. The maximum absolute atomic E-state index is 10.7. The SMILES string of the molecule is [O][C@H]1CO[C@H](CO)[C@H](O)[C@@H]1O. The number of hydrogen-bond acceptors (Lipinski definition) is 4. The number of aliphatic hydroxyl groups excluding tert-OH is 3. The van der Waals surface area contributed by atoms with Gasteiger partial charge >= 0.3 is 0 Å². The lowest BCUT2D eigenvalue weighted by Gasteiger charge is -2.33. The molecule has 1 aliphatic rings. The molecule has 0 saturated carbocycles. The van der Waals surface area contributed by atoms with E-state index < -0.39 is 24.4 Å². The second-order valence-corrected chi connectivity index (χ2v) is 2.57. The van der Waals surface area contributed by atoms with Crippen LogP contribution >= 0.6 is 0 Å². The summed E-state index contributed by atoms with van der Waals surface area (Å²) in [6, 6.07) is 0. The molecule has 1 fully saturated rings. The van der Waals surface area contributed by atoms with Gasteiger partial charge in [0, 0.05) is 0 Å². The van der Waals surface area contributed by atoms with Gasteiger partial charge in [0.15, 0.2) is 0 Å². The molecule has 0 unspecified atom stereocenters. The van der Waals surface area contributed by atoms with Crippen molar-refractivity contribution in [3.05, 3.63) is 0 Å². The normalized spacial score (nSPS) is 45.8. The van der Waals surface area contributed by atoms with Gasteiger partial charge in [-0.3, -0.25) is 0 Å². The Bertz CT molecular complexity index is 126. The van der Waals surface area contributed by atoms with Crippen LogP contribution in [0.5, 0.6) is 0 Å². The summed E-state index contributed by atoms with van der Waals surface area (Å²) in [6.07, 6.45) is -4.74. The highest BCUT2D eigenvalue weighted by Gasteiger charge is 2.37. The van der Waals surface area contributed by atoms with Crippen LogP contribution in [0.15, 0.2) is 0 Å². The second kappa shape index (κ2) is 3.46. The van der Waals surface area contributed by atoms with Crippen LogP contribution in [-0.4, -0.2) is 52.9 Å². The minimum atomic E-state index is -1.33. The van der Waals surface area contributed by atoms with Crippen LogP contribution < -0.4 is 0 Å². The van der Waals surface area contributed by atoms with E-state index in [0.29, 0.717) is 0 Å². The van der Waals surface area contributed by atoms with Gasteiger partial charge in [0.1, 0.15) is 24.4 Å². The van der Waals surface area contributed by atoms with Gasteiger partial charge in [0.25, 0.3) is 0 Å². The van der Waals surface area contributed by atoms with Crippen LogP contribution in [-0.2, 0) is 9.84 Å². The van der Waals surface area contributed by atoms with Crippen LogP contribution in [0.4, 0.5) is 0 Å². The third-order valence-electron chi connectivity index (χ3n) is 1.77. The van der Waals surface area contributed by atoms with Gasteiger partial charge in [0.2, 0.25) is 0 Å². The van der Waals surface area contributed by atoms with Crippen molar-refractivity contribution in [1.29, 1.82) is 0 Å². The predicted molar refractivity (Wildman–Crippen MR) is 33.3 cm³/mol. The fraction of sp³-hybridized carbons (Fsp3) is 1.00. The maximum Gasteiger partial charge on any atom is 0.145 e. The average molecular weight is 163 g/mol. The van der Waals surface area contributed by atoms with Crippen molar-refractivity contribution in [2.75, 3.05) is 13.2 Å². The highest BCUT2D eigenvalue weighted by atomic mass is 16.5. The molecule has 5 heteroatoms. The summed E-state index contributed by atoms with van der Waals surface area (Å²) in [5.74, 6) is 0. The number of rotatable bonds is 1. The molecule has 1 rings (SSSR count). The fourth-order valence-corrected chi connectivity index (χ4v) is 1.02. The van der Waals surface area contributed by atoms with Crippen molar-refractivity contribution in [1.82, 2.24) is 0 Å². The summed E-state index contributed by atoms with van der Waals surface area (Å²) in [5, 5.41) is 37.4. The van der Waals surface area contributed by atoms with Crippen molar-refractivity contribution in [3.8, 4) is 0 Å². The van der Waals surface area contributed by atoms with Gasteiger partial charge in [0.05, 0.1) is 13.2 Å². The zero-order valence-electron chi connectivity index (χ0n) is 5.88. The van der Waals surface area contributed by atoms with Crippen LogP contribution in [0.3, 0.4) is 0 Å². The lowest BCUT2D eigenvalue weighted by atomic mass is 10.0. The van der Waals surface area contributed by atoms with Gasteiger partial charge in [-0.15, -0.1) is 0 Å². The standard InChI is InChI=1S/C6H11O5/c7-1-4-6(10)5(9)3(8)2-11-4/h3-7,9-10H,1-2H2/t3-,4+,5+,6-/m0/s1. The Morgan fingerprint density at radius 1 is 1.36 bits per heavy atom. The fourth-order valence-electron chi connectivity index (χ4n) is 1.02. The maximum atomic E-state index is 10.7. The van der Waals surface area contributed by atoms with E-state index in [1.165, 1.54) is 0 Å². The molecular formula is C6H11O5. The van der Waals surface area contributed by atoms with Gasteiger partial charge in [-0.1, -0.05) is 0 Å². The lowest BCUT2D eigenvalue weighted by molar-refractivity contribution is -0.208. The van der Waals surface area contributed by atoms with E-state index in [4.69, 9.17) is 20.1 Å². The molecule has 3 N–H and O–H groups in total. The summed E-state index contributed by atoms with van der Waals surface area (Å²) >= 11 is 0. The Morgan fingerprint density at radius 2 is 2.00 bits per heavy atom. The summed E-state index contributed by atoms with van der Waals surface area (Å²) in [6.45, 7) is -0.547. The summed E-state index contributed by atoms with van der Waals surface area (Å²) < 4.78 is 4.75. The third-order valence-corrected chi connectivity index (χ3v) is 1.77. The molecule has 0 amide bonds. The van der Waals surface area contributed by atoms with Crippen LogP contribution in [0, 0.1) is 0 Å². The van der Waals surface area contributed by atoms with Gasteiger partial charge < -0.3 is 20.1 Å². The minimum absolute atomic E-state index is 0.163. The topological polar surface area (TPSA) is 89.8 Å². The molecule has 5 nitrogen and oxygen atoms in total. The smallest absolute Gasteiger partial charge is 0.145 e. The van der Waals surface area contributed by atoms with E-state index in [-0.39, 0.29) is 13.2 Å². The molecule has 4 atom stereocenters. The molecule has 1 radical (unpaired) electrons. The van der Waals surface area contributed by atoms with E-state index in [9.17, 15) is 5.11 Å². The van der Waals surface area contributed by atoms with Crippen molar-refractivity contribution < 1.29 is 25.2 Å². The molecule has 0 spiro atoms. The first-order chi connectivity index (χ1) is 5.16. The number of ether oxygens (including phenoxy) is 1. The highest BCUT2D eigenvalue weighted by Crippen LogP contribution is 2.14. The van der Waals surface area contributed by atoms with Crippen LogP contribution in [0.25, 0.3) is 0 Å². The van der Waals surface area contributed by atoms with Crippen molar-refractivity contribution in [2.45, 2.75) is 24.4 Å². The van der Waals surface area contributed by atoms with Crippen LogP contribution in [0.1, 0.15) is 0 Å². The first kappa shape index (κ1) is 8.89. The third kappa shape index (κ3) is 1.69. The van der Waals surface area contributed by atoms with Crippen molar-refractivity contribution in [2.24, 2.45) is 0 Å². The number of aliphatic hydroxyl groups is 3. The monoisotopic (exact) mass is 163 g/mol. The molecule has 1 heterocycles. The van der Waals surface area contributed by atoms with E-state index in [1.54, 1.807) is 0 Å². The number of hydrogen-bond donors (Lipinski definition) is 3. The largest absolute Gasteiger partial charge is 0.394 e. The minimum Gasteiger partial charge on any atom is -0.394 e. The zero-order chi connectivity index (χ0) is 8.43. The molecule has 0 aromatic rings. The summed E-state index contributed by atoms with van der Waals surface area (Å²) in [5.41, 5.74) is 0. The molecule has 0 aromatic heterocycles. The Kier molecular flexibility index (Phi) is 2.80. The van der Waals surface area contributed by atoms with Crippen LogP contribution in [0.2, 0.25) is 0 Å². The highest BCUT2D eigenvalue weighted by molar-refractivity contribution is 4.85. The first-order valence-electron chi connectivity index (χ1n) is 3.41. The molecule has 0 bridgehead atoms. The molecule has 1 aliphatic heterocycles. The van der Waals surface area contributed by atoms with Gasteiger partial charge in [-0.2, -0.15) is 0 Å². The van der Waals surface area contributed by atoms with Gasteiger partial charge in [-0.05, 0) is 0 Å². The molecule has 0 aliphatic carbocycles. The van der Waals surface area contributed by atoms with Crippen molar-refractivity contribution >= 4 is 0 Å². The van der Waals surface area contributed by atoms with Crippen molar-refractivity contribution in [3.63, 3.8) is 0 Å². The van der Waals surface area contributed by atoms with E-state index in [2.05, 4.69) is 0 Å². The molecule has 1 saturated heterocycles. The molecule has 65 valence electrons. The summed E-state index contributed by atoms with van der Waals surface area (Å²) in [4.78, 5) is 0. The van der Waals surface area contributed by atoms with Gasteiger partial charge in [-0.25, -0.2) is 5.11 Å². The Morgan fingerprint density at radius 3 is 2.55 bits per heavy atom. The van der Waals surface area contributed by atoms with E-state index in [1.807, 2.05) is 0 Å². The molecule has 0 aromatic carbocycles. The second-order valence-electron chi connectivity index (χ2n) is 2.57. The lowest BCUT2D eigenvalue weighted by Crippen LogP contribution is -2.53. The predicted octanol–water partition coefficient (Wildman–Crippen LogP) is -2.10. The Hall–Kier alpha value is -0.200. The molecular weight excluding hydrogens is 152 g/mol.